The van der Waals surface area contributed by atoms with E-state index < -0.39 is 10.8 Å². The molecule has 0 aliphatic heterocycles. The first kappa shape index (κ1) is 12.0. The normalized spacial score (nSPS) is 14.5. The second kappa shape index (κ2) is 5.27. The average Bonchev–Trinajstić information content (AvgIpc) is 2.35. The van der Waals surface area contributed by atoms with Crippen LogP contribution in [0.3, 0.4) is 0 Å². The number of anilines is 1. The highest BCUT2D eigenvalue weighted by Crippen LogP contribution is 2.14. The van der Waals surface area contributed by atoms with E-state index in [4.69, 9.17) is 0 Å². The van der Waals surface area contributed by atoms with Crippen molar-refractivity contribution < 1.29 is 4.21 Å². The molecule has 2 rings (SSSR count). The number of hydrogen-bond acceptors (Lipinski definition) is 3. The van der Waals surface area contributed by atoms with E-state index >= 15 is 0 Å². The van der Waals surface area contributed by atoms with Gasteiger partial charge in [0, 0.05) is 34.2 Å². The van der Waals surface area contributed by atoms with Crippen LogP contribution in [0.5, 0.6) is 0 Å². The van der Waals surface area contributed by atoms with Crippen molar-refractivity contribution in [2.24, 2.45) is 0 Å². The lowest BCUT2D eigenvalue weighted by atomic mass is 10.2. The molecule has 2 atom stereocenters. The summed E-state index contributed by atoms with van der Waals surface area (Å²) < 4.78 is 11.2. The van der Waals surface area contributed by atoms with Gasteiger partial charge in [0.2, 0.25) is 0 Å². The van der Waals surface area contributed by atoms with Crippen LogP contribution in [0.2, 0.25) is 0 Å². The molecule has 1 aromatic heterocycles. The summed E-state index contributed by atoms with van der Waals surface area (Å²) in [5, 5.41) is 4.47. The smallest absolute Gasteiger partial charge is 0.126 e. The van der Waals surface area contributed by atoms with Gasteiger partial charge in [-0.3, -0.25) is 4.21 Å². The Morgan fingerprint density at radius 3 is 2.82 bits per heavy atom. The summed E-state index contributed by atoms with van der Waals surface area (Å²) in [6, 6.07) is 12.0. The number of pyridine rings is 1. The molecule has 0 aliphatic carbocycles. The van der Waals surface area contributed by atoms with Crippen LogP contribution in [-0.2, 0) is 10.8 Å². The van der Waals surface area contributed by atoms with Crippen LogP contribution in [0.4, 0.5) is 5.82 Å². The molecule has 0 bridgehead atoms. The Morgan fingerprint density at radius 1 is 1.29 bits per heavy atom. The van der Waals surface area contributed by atoms with E-state index in [1.54, 1.807) is 6.26 Å². The number of aromatic nitrogens is 1. The molecule has 4 heteroatoms. The molecule has 2 aromatic rings. The molecule has 0 spiro atoms. The Bertz CT molecular complexity index is 542. The molecule has 3 nitrogen and oxygen atoms in total. The fourth-order valence-electron chi connectivity index (χ4n) is 1.53. The van der Waals surface area contributed by atoms with Gasteiger partial charge >= 0.3 is 0 Å². The number of nitrogens with zero attached hydrogens (tertiary/aromatic N) is 1. The molecule has 0 saturated carbocycles. The Morgan fingerprint density at radius 2 is 2.06 bits per heavy atom. The summed E-state index contributed by atoms with van der Waals surface area (Å²) >= 11 is 0. The van der Waals surface area contributed by atoms with Gasteiger partial charge in [0.15, 0.2) is 0 Å². The number of rotatable bonds is 4. The summed E-state index contributed by atoms with van der Waals surface area (Å²) in [4.78, 5) is 4.50. The molecule has 1 N–H and O–H groups in total. The predicted octanol–water partition coefficient (Wildman–Crippen LogP) is 2.41. The van der Waals surface area contributed by atoms with E-state index in [-0.39, 0.29) is 5.25 Å². The third-order valence-corrected chi connectivity index (χ3v) is 4.04. The molecule has 0 radical (unpaired) electrons. The summed E-state index contributed by atoms with van der Waals surface area (Å²) in [6.07, 6.45) is 1.72. The molecule has 90 valence electrons. The maximum absolute atomic E-state index is 11.2. The van der Waals surface area contributed by atoms with Crippen molar-refractivity contribution in [3.05, 3.63) is 36.4 Å². The minimum absolute atomic E-state index is 0.128. The van der Waals surface area contributed by atoms with Crippen LogP contribution in [0.1, 0.15) is 6.92 Å². The van der Waals surface area contributed by atoms with Crippen molar-refractivity contribution in [3.63, 3.8) is 0 Å². The third-order valence-electron chi connectivity index (χ3n) is 2.74. The van der Waals surface area contributed by atoms with E-state index in [0.717, 1.165) is 16.7 Å². The van der Waals surface area contributed by atoms with Crippen LogP contribution in [0.15, 0.2) is 36.4 Å². The zero-order valence-corrected chi connectivity index (χ0v) is 10.8. The second-order valence-electron chi connectivity index (χ2n) is 4.08. The zero-order chi connectivity index (χ0) is 12.3. The monoisotopic (exact) mass is 248 g/mol. The number of para-hydroxylation sites is 1. The fourth-order valence-corrected chi connectivity index (χ4v) is 1.85. The van der Waals surface area contributed by atoms with Crippen molar-refractivity contribution in [2.45, 2.75) is 12.2 Å². The summed E-state index contributed by atoms with van der Waals surface area (Å²) in [7, 11) is -0.801. The molecule has 0 fully saturated rings. The Balaban J connectivity index is 2.12. The van der Waals surface area contributed by atoms with Gasteiger partial charge in [-0.2, -0.15) is 0 Å². The number of fused-ring (bicyclic) bond motifs is 1. The molecular weight excluding hydrogens is 232 g/mol. The fraction of sp³-hybridized carbons (Fsp3) is 0.308. The van der Waals surface area contributed by atoms with Gasteiger partial charge in [-0.25, -0.2) is 4.98 Å². The third kappa shape index (κ3) is 3.03. The maximum atomic E-state index is 11.2. The van der Waals surface area contributed by atoms with Crippen molar-refractivity contribution in [1.82, 2.24) is 4.98 Å². The molecule has 0 amide bonds. The van der Waals surface area contributed by atoms with E-state index in [1.165, 1.54) is 0 Å². The first-order valence-electron chi connectivity index (χ1n) is 5.59. The van der Waals surface area contributed by atoms with Gasteiger partial charge < -0.3 is 5.32 Å². The van der Waals surface area contributed by atoms with Crippen LogP contribution in [-0.4, -0.2) is 27.2 Å². The van der Waals surface area contributed by atoms with Gasteiger partial charge in [-0.05, 0) is 25.1 Å². The van der Waals surface area contributed by atoms with Crippen molar-refractivity contribution in [2.75, 3.05) is 18.1 Å². The highest BCUT2D eigenvalue weighted by atomic mass is 32.2. The molecule has 0 saturated heterocycles. The van der Waals surface area contributed by atoms with Gasteiger partial charge in [0.25, 0.3) is 0 Å². The molecule has 0 aliphatic rings. The highest BCUT2D eigenvalue weighted by Gasteiger charge is 2.05. The lowest BCUT2D eigenvalue weighted by Crippen LogP contribution is -2.21. The predicted molar refractivity (Wildman–Crippen MR) is 73.8 cm³/mol. The standard InChI is InChI=1S/C13H16N2OS/c1-10(17(2)16)9-14-13-8-7-11-5-3-4-6-12(11)15-13/h3-8,10H,9H2,1-2H3,(H,14,15). The van der Waals surface area contributed by atoms with Crippen LogP contribution in [0, 0.1) is 0 Å². The van der Waals surface area contributed by atoms with Crippen LogP contribution >= 0.6 is 0 Å². The minimum Gasteiger partial charge on any atom is -0.369 e. The zero-order valence-electron chi connectivity index (χ0n) is 10.0. The maximum Gasteiger partial charge on any atom is 0.126 e. The molecular formula is C13H16N2OS. The molecule has 17 heavy (non-hydrogen) atoms. The second-order valence-corrected chi connectivity index (χ2v) is 5.88. The van der Waals surface area contributed by atoms with Crippen molar-refractivity contribution in [3.8, 4) is 0 Å². The molecule has 2 unspecified atom stereocenters. The average molecular weight is 248 g/mol. The lowest BCUT2D eigenvalue weighted by molar-refractivity contribution is 0.679. The van der Waals surface area contributed by atoms with Gasteiger partial charge in [-0.1, -0.05) is 18.2 Å². The molecule has 1 heterocycles. The lowest BCUT2D eigenvalue weighted by Gasteiger charge is -2.10. The van der Waals surface area contributed by atoms with Gasteiger partial charge in [0.05, 0.1) is 5.52 Å². The van der Waals surface area contributed by atoms with E-state index in [2.05, 4.69) is 10.3 Å². The minimum atomic E-state index is -0.801. The SMILES string of the molecule is CC(CNc1ccc2ccccc2n1)S(C)=O. The number of hydrogen-bond donors (Lipinski definition) is 1. The summed E-state index contributed by atoms with van der Waals surface area (Å²) in [5.74, 6) is 0.834. The van der Waals surface area contributed by atoms with Gasteiger partial charge in [-0.15, -0.1) is 0 Å². The molecule has 1 aromatic carbocycles. The first-order valence-corrected chi connectivity index (χ1v) is 7.21. The van der Waals surface area contributed by atoms with Crippen molar-refractivity contribution in [1.29, 1.82) is 0 Å². The Hall–Kier alpha value is -1.42. The van der Waals surface area contributed by atoms with E-state index in [0.29, 0.717) is 6.54 Å². The largest absolute Gasteiger partial charge is 0.369 e. The highest BCUT2D eigenvalue weighted by molar-refractivity contribution is 7.84. The van der Waals surface area contributed by atoms with Crippen molar-refractivity contribution >= 4 is 27.5 Å². The Labute approximate surface area is 104 Å². The first-order chi connectivity index (χ1) is 8.16. The van der Waals surface area contributed by atoms with E-state index in [9.17, 15) is 4.21 Å². The van der Waals surface area contributed by atoms with Crippen LogP contribution < -0.4 is 5.32 Å². The summed E-state index contributed by atoms with van der Waals surface area (Å²) in [6.45, 7) is 2.64. The van der Waals surface area contributed by atoms with Gasteiger partial charge in [0.1, 0.15) is 5.82 Å². The topological polar surface area (TPSA) is 42.0 Å². The number of benzene rings is 1. The Kier molecular flexibility index (Phi) is 3.74. The van der Waals surface area contributed by atoms with Crippen LogP contribution in [0.25, 0.3) is 10.9 Å². The number of nitrogens with one attached hydrogen (secondary N) is 1. The van der Waals surface area contributed by atoms with E-state index in [1.807, 2.05) is 43.3 Å². The quantitative estimate of drug-likeness (QED) is 0.903. The summed E-state index contributed by atoms with van der Waals surface area (Å²) in [5.41, 5.74) is 0.975.